The van der Waals surface area contributed by atoms with E-state index in [1.165, 1.54) is 67.6 Å². The number of aryl methyl sites for hydroxylation is 4. The van der Waals surface area contributed by atoms with Gasteiger partial charge in [-0.05, 0) is 131 Å². The molecule has 84 heavy (non-hydrogen) atoms. The number of anilines is 4. The molecule has 0 bridgehead atoms. The van der Waals surface area contributed by atoms with Gasteiger partial charge < -0.3 is 29.6 Å². The normalized spacial score (nSPS) is 11.8. The molecule has 0 aromatic heterocycles. The van der Waals surface area contributed by atoms with Gasteiger partial charge in [0.25, 0.3) is 20.0 Å². The van der Waals surface area contributed by atoms with Crippen molar-refractivity contribution in [1.82, 2.24) is 0 Å². The van der Waals surface area contributed by atoms with E-state index in [1.54, 1.807) is 46.8 Å². The first-order chi connectivity index (χ1) is 39.0. The van der Waals surface area contributed by atoms with Crippen LogP contribution in [0.25, 0.3) is 33.4 Å². The minimum absolute atomic E-state index is 0.0111. The fraction of sp³-hybridized carbons (Fsp3) is 0.113. The highest BCUT2D eigenvalue weighted by Gasteiger charge is 2.30. The minimum Gasteiger partial charge on any atom is -0.744 e. The molecule has 8 rings (SSSR count). The lowest BCUT2D eigenvalue weighted by Crippen LogP contribution is -2.72. The molecule has 0 saturated carbocycles. The summed E-state index contributed by atoms with van der Waals surface area (Å²) in [5, 5.41) is 31.8. The molecule has 6 aromatic rings. The number of carboxylic acids is 3. The van der Waals surface area contributed by atoms with Gasteiger partial charge in [0.1, 0.15) is 21.5 Å². The Labute approximate surface area is 478 Å². The highest BCUT2D eigenvalue weighted by molar-refractivity contribution is 7.93. The van der Waals surface area contributed by atoms with Gasteiger partial charge in [0, 0.05) is 50.6 Å². The summed E-state index contributed by atoms with van der Waals surface area (Å²) in [6.07, 6.45) is 0.250. The number of carboxylic acid groups (broad SMARTS) is 3. The molecule has 0 unspecified atom stereocenters. The number of hydrogen-bond donors (Lipinski definition) is 8. The van der Waals surface area contributed by atoms with Gasteiger partial charge in [0.2, 0.25) is 11.0 Å². The second kappa shape index (κ2) is 24.6. The van der Waals surface area contributed by atoms with E-state index in [4.69, 9.17) is 26.6 Å². The Balaban J connectivity index is 0.00000153. The zero-order valence-corrected chi connectivity index (χ0v) is 48.2. The van der Waals surface area contributed by atoms with Crippen molar-refractivity contribution in [3.63, 3.8) is 0 Å². The third-order valence-electron chi connectivity index (χ3n) is 12.6. The number of rotatable bonds is 15. The van der Waals surface area contributed by atoms with Crippen LogP contribution in [-0.4, -0.2) is 94.8 Å². The lowest BCUT2D eigenvalue weighted by atomic mass is 9.93. The van der Waals surface area contributed by atoms with Crippen LogP contribution in [0.1, 0.15) is 64.5 Å². The molecule has 0 radical (unpaired) electrons. The Hall–Kier alpha value is -9.46. The van der Waals surface area contributed by atoms with Gasteiger partial charge in [-0.25, -0.2) is 44.6 Å². The van der Waals surface area contributed by atoms with Crippen molar-refractivity contribution >= 4 is 114 Å². The van der Waals surface area contributed by atoms with Crippen molar-refractivity contribution in [2.75, 3.05) is 14.8 Å². The van der Waals surface area contributed by atoms with E-state index in [1.807, 2.05) is 0 Å². The van der Waals surface area contributed by atoms with Crippen LogP contribution in [-0.2, 0) is 60.5 Å². The maximum Gasteiger partial charge on any atom is 0.425 e. The average Bonchev–Trinajstić information content (AvgIpc) is 1.47. The maximum atomic E-state index is 13.9. The third kappa shape index (κ3) is 14.1. The van der Waals surface area contributed by atoms with Crippen molar-refractivity contribution < 1.29 is 104 Å². The van der Waals surface area contributed by atoms with Gasteiger partial charge in [0.05, 0.1) is 48.8 Å². The Bertz CT molecular complexity index is 4730. The molecule has 438 valence electrons. The molecule has 26 nitrogen and oxygen atoms in total. The molecule has 0 saturated heterocycles. The number of carbonyl (C=O) groups is 3. The molecular formula is C53H44N4O22S5. The van der Waals surface area contributed by atoms with E-state index < -0.39 is 94.6 Å². The van der Waals surface area contributed by atoms with E-state index >= 15 is 0 Å². The number of sulfonamides is 2. The quantitative estimate of drug-likeness (QED) is 0.0472. The summed E-state index contributed by atoms with van der Waals surface area (Å²) in [5.41, 5.74) is 1.74. The van der Waals surface area contributed by atoms with Gasteiger partial charge in [-0.2, -0.15) is 18.0 Å². The number of fused-ring (bicyclic) bond motifs is 2. The Morgan fingerprint density at radius 1 is 0.571 bits per heavy atom. The van der Waals surface area contributed by atoms with Crippen molar-refractivity contribution in [2.45, 2.75) is 61.1 Å². The van der Waals surface area contributed by atoms with Crippen molar-refractivity contribution in [3.8, 4) is 22.5 Å². The minimum atomic E-state index is -5.22. The SMILES string of the molecule is Cc1cc(C)c(NS(=O)(=O)c2cccc(C(=O)O)c2)c(C)c1Nc1ccc2c(-c3ccccc3S(=O)(=O)[O-])c3cc(S(=O)(=O)O)c(=[NH+]c4c(C)cc(C)c(NS(=O)(=O)c5cc(C(=O)O)cc(C(=O)O)c5)c4C)cc-3oc2c1.O=C=O.O=S(=O)=O. The van der Waals surface area contributed by atoms with E-state index in [0.29, 0.717) is 39.2 Å². The van der Waals surface area contributed by atoms with Crippen LogP contribution >= 0.6 is 0 Å². The molecule has 0 atom stereocenters. The standard InChI is InChI=1S/C52H44N4O17S4.CO2.O3S/c1-25-16-27(3)48(55-74(63,64)35-11-9-10-31(19-35)50(57)58)29(5)46(25)53-34-14-15-37-41(22-34)73-42-24-40(44(77(70,71)72)23-39(42)45(37)38-12-7-8-13-43(38)76(67,68)69)54-47-26(2)17-28(4)49(30(47)6)56-75(65,66)36-20-32(51(59)60)18-33(21-36)52(61)62;2-1-3;1-4(2)3/h7-24,53,55-56H,1-6H3,(H,57,58)(H,59,60)(H,61,62)(H,67,68,69)(H,70,71,72);;. The van der Waals surface area contributed by atoms with Gasteiger partial charge >= 0.3 is 44.8 Å². The molecule has 31 heteroatoms. The van der Waals surface area contributed by atoms with Crippen molar-refractivity contribution in [3.05, 3.63) is 165 Å². The molecule has 0 spiro atoms. The monoisotopic (exact) mass is 1250 g/mol. The lowest BCUT2D eigenvalue weighted by molar-refractivity contribution is -0.406. The van der Waals surface area contributed by atoms with Crippen LogP contribution < -0.4 is 25.1 Å². The number of hydrogen-bond acceptors (Lipinski definition) is 19. The van der Waals surface area contributed by atoms with E-state index in [2.05, 4.69) is 19.8 Å². The topological polar surface area (TPSA) is 440 Å². The smallest absolute Gasteiger partial charge is 0.425 e. The summed E-state index contributed by atoms with van der Waals surface area (Å²) in [4.78, 5) is 52.1. The molecule has 1 aliphatic carbocycles. The van der Waals surface area contributed by atoms with Crippen LogP contribution in [0.2, 0.25) is 0 Å². The number of benzene rings is 7. The molecular weight excluding hydrogens is 1200 g/mol. The number of nitrogens with one attached hydrogen (secondary N) is 4. The summed E-state index contributed by atoms with van der Waals surface area (Å²) in [7, 11) is -22.6. The van der Waals surface area contributed by atoms with Crippen LogP contribution in [0, 0.1) is 41.5 Å². The van der Waals surface area contributed by atoms with Crippen molar-refractivity contribution in [1.29, 1.82) is 0 Å². The highest BCUT2D eigenvalue weighted by atomic mass is 32.2. The third-order valence-corrected chi connectivity index (χ3v) is 17.0. The predicted molar refractivity (Wildman–Crippen MR) is 294 cm³/mol. The van der Waals surface area contributed by atoms with Gasteiger partial charge in [-0.3, -0.25) is 14.0 Å². The van der Waals surface area contributed by atoms with E-state index in [0.717, 1.165) is 36.4 Å². The number of aromatic carboxylic acids is 3. The summed E-state index contributed by atoms with van der Waals surface area (Å²) in [5.74, 6) is -4.65. The molecule has 6 aromatic carbocycles. The Kier molecular flexibility index (Phi) is 18.6. The zero-order chi connectivity index (χ0) is 62.7. The summed E-state index contributed by atoms with van der Waals surface area (Å²) in [6.45, 7) is 9.70. The Morgan fingerprint density at radius 3 is 1.63 bits per heavy atom. The summed E-state index contributed by atoms with van der Waals surface area (Å²) in [6, 6.07) is 22.3. The van der Waals surface area contributed by atoms with Gasteiger partial charge in [-0.15, -0.1) is 12.6 Å². The van der Waals surface area contributed by atoms with Crippen LogP contribution in [0.4, 0.5) is 28.4 Å². The molecule has 0 fully saturated rings. The second-order valence-electron chi connectivity index (χ2n) is 18.2. The molecule has 2 aliphatic rings. The average molecular weight is 1250 g/mol. The maximum absolute atomic E-state index is 13.9. The van der Waals surface area contributed by atoms with Crippen molar-refractivity contribution in [2.24, 2.45) is 0 Å². The lowest BCUT2D eigenvalue weighted by Gasteiger charge is -2.21. The second-order valence-corrected chi connectivity index (χ2v) is 24.7. The van der Waals surface area contributed by atoms with Crippen LogP contribution in [0.3, 0.4) is 0 Å². The zero-order valence-electron chi connectivity index (χ0n) is 44.1. The molecule has 8 N–H and O–H groups in total. The summed E-state index contributed by atoms with van der Waals surface area (Å²) < 4.78 is 168. The van der Waals surface area contributed by atoms with Crippen LogP contribution in [0.15, 0.2) is 133 Å². The largest absolute Gasteiger partial charge is 0.744 e. The van der Waals surface area contributed by atoms with Gasteiger partial charge in [0.15, 0.2) is 4.90 Å². The fourth-order valence-corrected chi connectivity index (χ4v) is 12.9. The van der Waals surface area contributed by atoms with Gasteiger partial charge in [-0.1, -0.05) is 30.3 Å². The first kappa shape index (κ1) is 63.7. The first-order valence-corrected chi connectivity index (χ1v) is 30.2. The van der Waals surface area contributed by atoms with E-state index in [-0.39, 0.29) is 78.0 Å². The molecule has 1 aliphatic heterocycles. The Morgan fingerprint density at radius 2 is 1.08 bits per heavy atom. The predicted octanol–water partition coefficient (Wildman–Crippen LogP) is 5.37. The molecule has 1 heterocycles. The highest BCUT2D eigenvalue weighted by Crippen LogP contribution is 2.44. The first-order valence-electron chi connectivity index (χ1n) is 23.4. The van der Waals surface area contributed by atoms with E-state index in [9.17, 15) is 72.5 Å². The summed E-state index contributed by atoms with van der Waals surface area (Å²) >= 11 is 0. The molecule has 0 amide bonds. The fourth-order valence-electron chi connectivity index (χ4n) is 9.02. The van der Waals surface area contributed by atoms with Crippen LogP contribution in [0.5, 0.6) is 0 Å². The number of carbonyl (C=O) groups excluding carboxylic acids is 2.